The molecule has 1 aliphatic rings. The van der Waals surface area contributed by atoms with Crippen molar-refractivity contribution in [3.05, 3.63) is 35.9 Å². The van der Waals surface area contributed by atoms with Crippen molar-refractivity contribution < 1.29 is 9.90 Å². The van der Waals surface area contributed by atoms with Crippen LogP contribution in [0.4, 0.5) is 5.69 Å². The van der Waals surface area contributed by atoms with Crippen LogP contribution in [0.3, 0.4) is 0 Å². The minimum Gasteiger partial charge on any atom is -0.479 e. The monoisotopic (exact) mass is 203 g/mol. The smallest absolute Gasteiger partial charge is 0.330 e. The van der Waals surface area contributed by atoms with Gasteiger partial charge in [-0.2, -0.15) is 0 Å². The standard InChI is InChI=1S/C12H13NO2/c1-2-13-10-6-4-3-5-9(10)7-8-11(13)12(14)15/h3-8,11H,2H2,1H3,(H,14,15). The van der Waals surface area contributed by atoms with E-state index in [2.05, 4.69) is 0 Å². The van der Waals surface area contributed by atoms with Gasteiger partial charge in [0.15, 0.2) is 0 Å². The Hall–Kier alpha value is -1.77. The van der Waals surface area contributed by atoms with E-state index in [4.69, 9.17) is 5.11 Å². The summed E-state index contributed by atoms with van der Waals surface area (Å²) in [4.78, 5) is 12.9. The highest BCUT2D eigenvalue weighted by Crippen LogP contribution is 2.28. The lowest BCUT2D eigenvalue weighted by Crippen LogP contribution is -2.41. The number of likely N-dealkylation sites (N-methyl/N-ethyl adjacent to an activating group) is 1. The highest BCUT2D eigenvalue weighted by atomic mass is 16.4. The maximum atomic E-state index is 11.0. The average molecular weight is 203 g/mol. The number of carboxylic acids is 1. The lowest BCUT2D eigenvalue weighted by Gasteiger charge is -2.32. The summed E-state index contributed by atoms with van der Waals surface area (Å²) in [6, 6.07) is 7.30. The summed E-state index contributed by atoms with van der Waals surface area (Å²) in [5.41, 5.74) is 2.08. The van der Waals surface area contributed by atoms with Gasteiger partial charge in [-0.25, -0.2) is 4.79 Å². The van der Waals surface area contributed by atoms with Crippen LogP contribution < -0.4 is 4.90 Å². The first kappa shape index (κ1) is 9.77. The van der Waals surface area contributed by atoms with Crippen LogP contribution in [-0.4, -0.2) is 23.7 Å². The van der Waals surface area contributed by atoms with Crippen LogP contribution >= 0.6 is 0 Å². The molecule has 0 radical (unpaired) electrons. The van der Waals surface area contributed by atoms with Gasteiger partial charge in [0.05, 0.1) is 0 Å². The molecule has 0 saturated heterocycles. The molecule has 1 atom stereocenters. The number of carboxylic acid groups (broad SMARTS) is 1. The van der Waals surface area contributed by atoms with Crippen LogP contribution in [0.15, 0.2) is 30.3 Å². The number of aliphatic carboxylic acids is 1. The molecule has 3 nitrogen and oxygen atoms in total. The van der Waals surface area contributed by atoms with E-state index in [0.29, 0.717) is 6.54 Å². The van der Waals surface area contributed by atoms with Gasteiger partial charge >= 0.3 is 5.97 Å². The molecule has 0 aliphatic carbocycles. The Labute approximate surface area is 88.6 Å². The van der Waals surface area contributed by atoms with Crippen molar-refractivity contribution in [2.45, 2.75) is 13.0 Å². The predicted molar refractivity (Wildman–Crippen MR) is 59.9 cm³/mol. The fraction of sp³-hybridized carbons (Fsp3) is 0.250. The van der Waals surface area contributed by atoms with Crippen molar-refractivity contribution in [3.63, 3.8) is 0 Å². The Kier molecular flexibility index (Phi) is 2.46. The normalized spacial score (nSPS) is 18.7. The highest BCUT2D eigenvalue weighted by Gasteiger charge is 2.25. The summed E-state index contributed by atoms with van der Waals surface area (Å²) in [6.45, 7) is 2.66. The second kappa shape index (κ2) is 3.77. The number of nitrogens with zero attached hydrogens (tertiary/aromatic N) is 1. The van der Waals surface area contributed by atoms with Crippen molar-refractivity contribution >= 4 is 17.7 Å². The van der Waals surface area contributed by atoms with E-state index < -0.39 is 12.0 Å². The fourth-order valence-corrected chi connectivity index (χ4v) is 1.92. The zero-order valence-corrected chi connectivity index (χ0v) is 8.55. The molecule has 0 aromatic heterocycles. The van der Waals surface area contributed by atoms with Crippen molar-refractivity contribution in [2.75, 3.05) is 11.4 Å². The third kappa shape index (κ3) is 1.61. The molecule has 0 saturated carbocycles. The largest absolute Gasteiger partial charge is 0.479 e. The van der Waals surface area contributed by atoms with Crippen molar-refractivity contribution in [1.29, 1.82) is 0 Å². The minimum atomic E-state index is -0.803. The number of carbonyl (C=O) groups is 1. The number of benzene rings is 1. The summed E-state index contributed by atoms with van der Waals surface area (Å²) in [5.74, 6) is -0.803. The van der Waals surface area contributed by atoms with E-state index >= 15 is 0 Å². The Morgan fingerprint density at radius 3 is 2.87 bits per heavy atom. The molecule has 1 aromatic carbocycles. The maximum absolute atomic E-state index is 11.0. The highest BCUT2D eigenvalue weighted by molar-refractivity contribution is 5.86. The molecular weight excluding hydrogens is 190 g/mol. The molecule has 1 aromatic rings. The van der Waals surface area contributed by atoms with Crippen LogP contribution in [0.2, 0.25) is 0 Å². The van der Waals surface area contributed by atoms with Gasteiger partial charge in [-0.15, -0.1) is 0 Å². The van der Waals surface area contributed by atoms with Gasteiger partial charge in [-0.05, 0) is 18.6 Å². The van der Waals surface area contributed by atoms with Gasteiger partial charge in [-0.1, -0.05) is 30.4 Å². The number of fused-ring (bicyclic) bond motifs is 1. The van der Waals surface area contributed by atoms with Crippen LogP contribution in [0.5, 0.6) is 0 Å². The first-order chi connectivity index (χ1) is 7.24. The Morgan fingerprint density at radius 2 is 2.20 bits per heavy atom. The molecular formula is C12H13NO2. The first-order valence-electron chi connectivity index (χ1n) is 5.00. The molecule has 1 heterocycles. The third-order valence-electron chi connectivity index (χ3n) is 2.63. The molecule has 78 valence electrons. The molecule has 1 N–H and O–H groups in total. The third-order valence-corrected chi connectivity index (χ3v) is 2.63. The molecule has 0 spiro atoms. The molecule has 1 aliphatic heterocycles. The van der Waals surface area contributed by atoms with Crippen LogP contribution in [-0.2, 0) is 4.79 Å². The van der Waals surface area contributed by atoms with Crippen molar-refractivity contribution in [2.24, 2.45) is 0 Å². The molecule has 1 unspecified atom stereocenters. The quantitative estimate of drug-likeness (QED) is 0.799. The second-order valence-corrected chi connectivity index (χ2v) is 3.49. The fourth-order valence-electron chi connectivity index (χ4n) is 1.92. The molecule has 3 heteroatoms. The van der Waals surface area contributed by atoms with Gasteiger partial charge in [0.25, 0.3) is 0 Å². The molecule has 0 amide bonds. The van der Waals surface area contributed by atoms with Gasteiger partial charge < -0.3 is 10.0 Å². The van der Waals surface area contributed by atoms with Crippen molar-refractivity contribution in [1.82, 2.24) is 0 Å². The second-order valence-electron chi connectivity index (χ2n) is 3.49. The van der Waals surface area contributed by atoms with E-state index in [1.807, 2.05) is 42.2 Å². The van der Waals surface area contributed by atoms with E-state index in [0.717, 1.165) is 11.3 Å². The number of para-hydroxylation sites is 1. The van der Waals surface area contributed by atoms with E-state index in [1.165, 1.54) is 0 Å². The average Bonchev–Trinajstić information content (AvgIpc) is 2.27. The van der Waals surface area contributed by atoms with E-state index in [-0.39, 0.29) is 0 Å². The van der Waals surface area contributed by atoms with Gasteiger partial charge in [0.1, 0.15) is 6.04 Å². The van der Waals surface area contributed by atoms with Crippen LogP contribution in [0, 0.1) is 0 Å². The summed E-state index contributed by atoms with van der Waals surface area (Å²) in [6.07, 6.45) is 3.61. The number of rotatable bonds is 2. The summed E-state index contributed by atoms with van der Waals surface area (Å²) < 4.78 is 0. The molecule has 0 fully saturated rings. The predicted octanol–water partition coefficient (Wildman–Crippen LogP) is 1.99. The van der Waals surface area contributed by atoms with Gasteiger partial charge in [-0.3, -0.25) is 0 Å². The zero-order valence-electron chi connectivity index (χ0n) is 8.55. The van der Waals surface area contributed by atoms with Crippen LogP contribution in [0.1, 0.15) is 12.5 Å². The van der Waals surface area contributed by atoms with Gasteiger partial charge in [0, 0.05) is 12.2 Å². The number of hydrogen-bond donors (Lipinski definition) is 1. The van der Waals surface area contributed by atoms with Crippen molar-refractivity contribution in [3.8, 4) is 0 Å². The molecule has 0 bridgehead atoms. The Bertz CT molecular complexity index is 412. The summed E-state index contributed by atoms with van der Waals surface area (Å²) in [7, 11) is 0. The summed E-state index contributed by atoms with van der Waals surface area (Å²) >= 11 is 0. The maximum Gasteiger partial charge on any atom is 0.330 e. The number of hydrogen-bond acceptors (Lipinski definition) is 2. The summed E-state index contributed by atoms with van der Waals surface area (Å²) in [5, 5.41) is 9.07. The van der Waals surface area contributed by atoms with Crippen LogP contribution in [0.25, 0.3) is 6.08 Å². The lowest BCUT2D eigenvalue weighted by atomic mass is 10.0. The lowest BCUT2D eigenvalue weighted by molar-refractivity contribution is -0.137. The van der Waals surface area contributed by atoms with E-state index in [1.54, 1.807) is 6.08 Å². The topological polar surface area (TPSA) is 40.5 Å². The zero-order chi connectivity index (χ0) is 10.8. The SMILES string of the molecule is CCN1c2ccccc2C=CC1C(=O)O. The first-order valence-corrected chi connectivity index (χ1v) is 5.00. The van der Waals surface area contributed by atoms with E-state index in [9.17, 15) is 4.79 Å². The molecule has 2 rings (SSSR count). The van der Waals surface area contributed by atoms with Gasteiger partial charge in [0.2, 0.25) is 0 Å². The Balaban J connectivity index is 2.46. The minimum absolute atomic E-state index is 0.537. The molecule has 15 heavy (non-hydrogen) atoms. The number of anilines is 1. The Morgan fingerprint density at radius 1 is 1.47 bits per heavy atom.